The van der Waals surface area contributed by atoms with Gasteiger partial charge in [-0.1, -0.05) is 114 Å². The minimum Gasteiger partial charge on any atom is -0.480 e. The van der Waals surface area contributed by atoms with E-state index in [9.17, 15) is 28.8 Å². The lowest BCUT2D eigenvalue weighted by Gasteiger charge is -2.33. The van der Waals surface area contributed by atoms with E-state index in [4.69, 9.17) is 50.4 Å². The predicted molar refractivity (Wildman–Crippen MR) is 426 cm³/mol. The molecule has 0 spiro atoms. The standard InChI is InChI=1S/C48H58N6O6.C33H35N5.C7H13NO4/c1-25(2)43(51-47(57)59-5)45(55)53-17-7-8-38(53)36-20-33(24-50-36)35-16-15-34(41-29-13-14-30(18-29)42(35)41)28-11-9-27(10-12-28)32-19-37(49-23-32)40-22-31-21-39(31)54(40)46(56)44(26(3)4)52-48(58)60-6;1-2-26(34-11-1)28-15-23(16-35-28)25-10-9-24(31-20-7-8-21(12-20)32(25)31)18-3-5-19(6-4-18)30-17-36-33(38-30)29-14-22-13-27(22)37-29;1-4(2)5(6(9)10)8-7(11)12-3/h9-12,15-16,23-26,29-31,38-40,43-44H,7-8,13-14,17-22H2,1-6H3,(H,51,57)(H,52,58);3-6,9-10,16-17,20-22,26-27,29,34,37H,1-2,7-8,11-15H2,(H,36,38);4-5H,1-3H3,(H,8,11)(H,9,10)/t29?,30?,31?,38-,39?,40-,43+,44-;20?,21?,22?,26-,27?,29?;5-/m000/s1/i3D3,4D3,25D,26D,43D,44D;;1D3,4D,5D/t2m;4?,5-. The van der Waals surface area contributed by atoms with Crippen LogP contribution in [0.3, 0.4) is 0 Å². The van der Waals surface area contributed by atoms with Crippen LogP contribution in [0.15, 0.2) is 113 Å². The quantitative estimate of drug-likeness (QED) is 0.0379. The Hall–Kier alpha value is -9.54. The fraction of sp³-hybridized carbons (Fsp3) is 0.523. The lowest BCUT2D eigenvalue weighted by molar-refractivity contribution is -0.140. The number of hydrogen-bond donors (Lipinski definition) is 7. The zero-order valence-corrected chi connectivity index (χ0v) is 62.9. The molecule has 6 aliphatic carbocycles. The Balaban J connectivity index is 0.000000173. The molecule has 110 heavy (non-hydrogen) atoms. The van der Waals surface area contributed by atoms with Gasteiger partial charge in [-0.15, -0.1) is 0 Å². The number of likely N-dealkylation sites (tertiary alicyclic amines) is 2. The number of methoxy groups -OCH3 is 3. The van der Waals surface area contributed by atoms with Gasteiger partial charge in [-0.2, -0.15) is 0 Å². The molecule has 4 bridgehead atoms. The molecule has 5 amide bonds. The lowest BCUT2D eigenvalue weighted by Crippen LogP contribution is -2.54. The molecular formula is C88H106N12O10. The van der Waals surface area contributed by atoms with E-state index >= 15 is 0 Å². The fourth-order valence-electron chi connectivity index (χ4n) is 19.5. The highest BCUT2D eigenvalue weighted by atomic mass is 16.5. The van der Waals surface area contributed by atoms with Gasteiger partial charge in [0.05, 0.1) is 55.5 Å². The summed E-state index contributed by atoms with van der Waals surface area (Å²) in [6.45, 7) is -5.40. The Bertz CT molecular complexity index is 5340. The number of imidazole rings is 1. The first-order valence-corrected chi connectivity index (χ1v) is 38.8. The van der Waals surface area contributed by atoms with Crippen molar-refractivity contribution in [2.24, 2.45) is 44.5 Å². The lowest BCUT2D eigenvalue weighted by atomic mass is 9.80. The Kier molecular flexibility index (Phi) is 16.4. The number of fused-ring (bicyclic) bond motifs is 12. The van der Waals surface area contributed by atoms with Crippen LogP contribution in [-0.2, 0) is 28.6 Å². The van der Waals surface area contributed by atoms with Crippen LogP contribution in [0.4, 0.5) is 14.4 Å². The SMILES string of the molecule is C1=C(c2ccc(-c3ccc(-c4cnc(C5CC6CC6N5)[nH]4)cc3)c3c2C2CCC3C2)CC([C@@H]2CCCN2)=N1.[2H]C([2H])([2H])C([2H])(C([2H])([2H])[2H])[C@]([2H])(NC(=O)OC)C(=O)N1C2CC2C[C@H]1C1=NC=C(c2ccc(-c3ccc(C4=CN=C([C@@H]5CCCN5C(=O)[C@]([2H])(NC(=O)OC)C([2H])(C)C)C4)c4c3C3CCC4C3)cc2)C1.[2H]C([2H])([2H])C([2H])(C)[C@]([2H])(NC(=O)OC)C(=O)O. The number of piperidine rings is 2. The molecule has 8 heterocycles. The summed E-state index contributed by atoms with van der Waals surface area (Å²) in [4.78, 5) is 101. The van der Waals surface area contributed by atoms with Gasteiger partial charge in [-0.05, 0) is 233 Å². The topological polar surface area (TPSA) is 283 Å². The number of nitrogens with zero attached hydrogens (tertiary/aromatic N) is 6. The zero-order valence-electron chi connectivity index (χ0n) is 77.9. The van der Waals surface area contributed by atoms with Crippen molar-refractivity contribution in [3.05, 3.63) is 142 Å². The molecule has 18 rings (SSSR count). The molecule has 10 unspecified atom stereocenters. The minimum atomic E-state index is -3.77. The summed E-state index contributed by atoms with van der Waals surface area (Å²) >= 11 is 0. The maximum absolute atomic E-state index is 14.5. The molecule has 578 valence electrons. The predicted octanol–water partition coefficient (Wildman–Crippen LogP) is 14.8. The summed E-state index contributed by atoms with van der Waals surface area (Å²) in [5, 5.41) is 21.9. The maximum Gasteiger partial charge on any atom is 0.407 e. The number of hydrogen-bond acceptors (Lipinski definition) is 15. The number of aliphatic carboxylic acids is 1. The van der Waals surface area contributed by atoms with E-state index in [-0.39, 0.29) is 12.0 Å². The van der Waals surface area contributed by atoms with E-state index in [2.05, 4.69) is 97.3 Å². The third-order valence-electron chi connectivity index (χ3n) is 25.0. The van der Waals surface area contributed by atoms with Crippen LogP contribution in [0.2, 0.25) is 0 Å². The molecule has 7 N–H and O–H groups in total. The molecule has 0 radical (unpaired) electrons. The highest BCUT2D eigenvalue weighted by Gasteiger charge is 2.57. The van der Waals surface area contributed by atoms with Gasteiger partial charge in [-0.25, -0.2) is 24.2 Å². The number of benzene rings is 4. The molecule has 4 saturated heterocycles. The number of carboxylic acids is 1. The monoisotopic (exact) mass is 1510 g/mol. The first-order chi connectivity index (χ1) is 59.0. The van der Waals surface area contributed by atoms with Crippen LogP contribution in [0, 0.1) is 29.5 Å². The average Bonchev–Trinajstić information content (AvgIpc) is 1.67. The molecular weight excluding hydrogens is 1390 g/mol. The number of aliphatic imine (C=N–C) groups is 3. The molecule has 16 atom stereocenters. The number of H-pyrrole nitrogens is 1. The number of aromatic nitrogens is 2. The van der Waals surface area contributed by atoms with Gasteiger partial charge in [0.1, 0.15) is 23.9 Å². The molecule has 4 saturated carbocycles. The number of ether oxygens (including phenoxy) is 3. The zero-order chi connectivity index (χ0) is 89.5. The Morgan fingerprint density at radius 3 is 1.59 bits per heavy atom. The van der Waals surface area contributed by atoms with Gasteiger partial charge in [0.15, 0.2) is 0 Å². The van der Waals surface area contributed by atoms with Gasteiger partial charge < -0.3 is 60.7 Å². The van der Waals surface area contributed by atoms with E-state index in [0.29, 0.717) is 80.6 Å². The summed E-state index contributed by atoms with van der Waals surface area (Å²) in [5.41, 5.74) is 22.9. The fourth-order valence-corrected chi connectivity index (χ4v) is 19.5. The van der Waals surface area contributed by atoms with E-state index in [1.165, 1.54) is 108 Å². The van der Waals surface area contributed by atoms with Gasteiger partial charge in [0.25, 0.3) is 0 Å². The summed E-state index contributed by atoms with van der Waals surface area (Å²) < 4.78 is 134. The molecule has 7 aliphatic heterocycles. The highest BCUT2D eigenvalue weighted by molar-refractivity contribution is 6.06. The van der Waals surface area contributed by atoms with Crippen molar-refractivity contribution in [1.29, 1.82) is 0 Å². The van der Waals surface area contributed by atoms with Crippen LogP contribution >= 0.6 is 0 Å². The van der Waals surface area contributed by atoms with Gasteiger partial charge in [0, 0.05) is 96.1 Å². The van der Waals surface area contributed by atoms with E-state index < -0.39 is 104 Å². The van der Waals surface area contributed by atoms with Crippen molar-refractivity contribution >= 4 is 69.9 Å². The first-order valence-electron chi connectivity index (χ1n) is 46.3. The maximum atomic E-state index is 14.5. The van der Waals surface area contributed by atoms with Crippen molar-refractivity contribution < 1.29 is 68.6 Å². The third kappa shape index (κ3) is 14.6. The number of carbonyl (C=O) groups excluding carboxylic acids is 5. The number of allylic oxidation sites excluding steroid dienone is 3. The normalized spacial score (nSPS) is 31.2. The van der Waals surface area contributed by atoms with Crippen LogP contribution < -0.4 is 26.6 Å². The number of carbonyl (C=O) groups is 6. The van der Waals surface area contributed by atoms with Crippen LogP contribution in [0.25, 0.3) is 50.2 Å². The van der Waals surface area contributed by atoms with Gasteiger partial charge in [-0.3, -0.25) is 24.6 Å². The second-order valence-corrected chi connectivity index (χ2v) is 31.8. The molecule has 4 aromatic carbocycles. The molecule has 5 aromatic rings. The van der Waals surface area contributed by atoms with Gasteiger partial charge in [0.2, 0.25) is 11.8 Å². The minimum absolute atomic E-state index is 0.00478. The Morgan fingerprint density at radius 2 is 1.05 bits per heavy atom. The van der Waals surface area contributed by atoms with Crippen LogP contribution in [-0.4, -0.2) is 161 Å². The molecule has 8 fully saturated rings. The largest absolute Gasteiger partial charge is 0.480 e. The number of nitrogens with one attached hydrogen (secondary N) is 6. The molecule has 22 heteroatoms. The number of carboxylic acid groups (broad SMARTS) is 1. The summed E-state index contributed by atoms with van der Waals surface area (Å²) in [6, 6.07) is 17.8. The number of rotatable bonds is 19. The molecule has 13 aliphatic rings. The third-order valence-corrected chi connectivity index (χ3v) is 25.0. The molecule has 22 nitrogen and oxygen atoms in total. The Morgan fingerprint density at radius 1 is 0.527 bits per heavy atom. The highest BCUT2D eigenvalue weighted by Crippen LogP contribution is 2.60. The van der Waals surface area contributed by atoms with Crippen molar-refractivity contribution in [2.45, 2.75) is 228 Å². The summed E-state index contributed by atoms with van der Waals surface area (Å²) in [5.74, 6) is -7.93. The first kappa shape index (κ1) is 58.4. The Labute approximate surface area is 665 Å². The summed E-state index contributed by atoms with van der Waals surface area (Å²) in [6.07, 6.45) is 20.7. The number of aromatic amines is 1. The van der Waals surface area contributed by atoms with Gasteiger partial charge >= 0.3 is 24.2 Å². The van der Waals surface area contributed by atoms with E-state index in [0.717, 1.165) is 129 Å². The van der Waals surface area contributed by atoms with Crippen LogP contribution in [0.1, 0.15) is 246 Å². The number of alkyl carbamates (subject to hydrolysis) is 3. The van der Waals surface area contributed by atoms with Crippen molar-refractivity contribution in [1.82, 2.24) is 46.4 Å². The smallest absolute Gasteiger partial charge is 0.407 e. The van der Waals surface area contributed by atoms with Crippen LogP contribution in [0.5, 0.6) is 0 Å². The number of amides is 5. The van der Waals surface area contributed by atoms with E-state index in [1.54, 1.807) is 27.5 Å². The second kappa shape index (κ2) is 31.0. The summed E-state index contributed by atoms with van der Waals surface area (Å²) in [7, 11) is 3.00. The van der Waals surface area contributed by atoms with E-state index in [1.807, 2.05) is 29.8 Å². The molecule has 1 aromatic heterocycles. The van der Waals surface area contributed by atoms with Crippen molar-refractivity contribution in [2.75, 3.05) is 34.4 Å². The van der Waals surface area contributed by atoms with Crippen molar-refractivity contribution in [3.8, 4) is 33.5 Å². The second-order valence-electron chi connectivity index (χ2n) is 31.8. The average molecular weight is 1510 g/mol. The van der Waals surface area contributed by atoms with Crippen molar-refractivity contribution in [3.63, 3.8) is 0 Å².